The Kier molecular flexibility index (Phi) is 7.21. The van der Waals surface area contributed by atoms with Crippen molar-refractivity contribution in [2.75, 3.05) is 0 Å². The van der Waals surface area contributed by atoms with Gasteiger partial charge in [-0.2, -0.15) is 0 Å². The molecular weight excluding hydrogens is 363 g/mol. The van der Waals surface area contributed by atoms with Crippen molar-refractivity contribution in [3.05, 3.63) is 32.2 Å². The number of nitrogens with one attached hydrogen (secondary N) is 1. The van der Waals surface area contributed by atoms with Gasteiger partial charge in [0.05, 0.1) is 6.04 Å². The fraction of sp³-hybridized carbons (Fsp3) is 0.462. The average Bonchev–Trinajstić information content (AvgIpc) is 3.00. The molecule has 1 aliphatic carbocycles. The molecule has 2 aromatic rings. The molecule has 1 amide bonds. The Balaban J connectivity index is 0.00000121. The third-order valence-electron chi connectivity index (χ3n) is 3.24. The van der Waals surface area contributed by atoms with Crippen LogP contribution in [0, 0.1) is 12.8 Å². The molecule has 9 heteroatoms. The zero-order chi connectivity index (χ0) is 14.1. The van der Waals surface area contributed by atoms with Crippen LogP contribution in [-0.2, 0) is 6.54 Å². The van der Waals surface area contributed by atoms with E-state index in [1.165, 1.54) is 11.3 Å². The summed E-state index contributed by atoms with van der Waals surface area (Å²) in [6.45, 7) is 2.34. The lowest BCUT2D eigenvalue weighted by molar-refractivity contribution is 0.0927. The molecule has 0 saturated heterocycles. The van der Waals surface area contributed by atoms with Gasteiger partial charge in [-0.3, -0.25) is 4.79 Å². The number of hydrogen-bond donors (Lipinski definition) is 2. The third kappa shape index (κ3) is 4.39. The van der Waals surface area contributed by atoms with Crippen LogP contribution in [0.25, 0.3) is 0 Å². The molecule has 0 aromatic carbocycles. The lowest BCUT2D eigenvalue weighted by atomic mass is 10.2. The molecule has 3 N–H and O–H groups in total. The van der Waals surface area contributed by atoms with Crippen LogP contribution in [-0.4, -0.2) is 15.9 Å². The Hall–Kier alpha value is -0.730. The molecule has 1 saturated carbocycles. The molecule has 22 heavy (non-hydrogen) atoms. The van der Waals surface area contributed by atoms with Gasteiger partial charge in [0.25, 0.3) is 5.91 Å². The van der Waals surface area contributed by atoms with Crippen molar-refractivity contribution in [2.24, 2.45) is 11.7 Å². The van der Waals surface area contributed by atoms with E-state index in [9.17, 15) is 4.79 Å². The van der Waals surface area contributed by atoms with Crippen molar-refractivity contribution in [3.63, 3.8) is 0 Å². The molecule has 1 atom stereocenters. The summed E-state index contributed by atoms with van der Waals surface area (Å²) in [5.74, 6) is 0.378. The van der Waals surface area contributed by atoms with E-state index in [1.54, 1.807) is 16.7 Å². The first-order chi connectivity index (χ1) is 9.67. The van der Waals surface area contributed by atoms with Gasteiger partial charge in [0, 0.05) is 23.0 Å². The standard InChI is InChI=1S/C13H16N4OS2.2ClH/c1-7-5-20-13(15-7)11(8-2-3-8)17-12(18)9-6-19-10(4-14)16-9;;/h5-6,8,11H,2-4,14H2,1H3,(H,17,18);2*1H. The van der Waals surface area contributed by atoms with Crippen LogP contribution in [0.5, 0.6) is 0 Å². The Morgan fingerprint density at radius 3 is 2.59 bits per heavy atom. The van der Waals surface area contributed by atoms with Crippen LogP contribution in [0.15, 0.2) is 10.8 Å². The number of aryl methyl sites for hydroxylation is 1. The van der Waals surface area contributed by atoms with Gasteiger partial charge in [-0.05, 0) is 25.7 Å². The summed E-state index contributed by atoms with van der Waals surface area (Å²) in [5.41, 5.74) is 6.98. The second kappa shape index (κ2) is 8.21. The summed E-state index contributed by atoms with van der Waals surface area (Å²) in [4.78, 5) is 21.0. The summed E-state index contributed by atoms with van der Waals surface area (Å²) in [6.07, 6.45) is 2.30. The molecule has 3 rings (SSSR count). The molecule has 5 nitrogen and oxygen atoms in total. The fourth-order valence-electron chi connectivity index (χ4n) is 2.05. The monoisotopic (exact) mass is 380 g/mol. The Bertz CT molecular complexity index is 627. The zero-order valence-electron chi connectivity index (χ0n) is 11.9. The lowest BCUT2D eigenvalue weighted by Crippen LogP contribution is -2.30. The molecule has 0 aliphatic heterocycles. The van der Waals surface area contributed by atoms with Crippen molar-refractivity contribution in [3.8, 4) is 0 Å². The maximum absolute atomic E-state index is 12.3. The molecule has 122 valence electrons. The van der Waals surface area contributed by atoms with Crippen LogP contribution in [0.4, 0.5) is 0 Å². The second-order valence-corrected chi connectivity index (χ2v) is 6.78. The van der Waals surface area contributed by atoms with Gasteiger partial charge in [-0.25, -0.2) is 9.97 Å². The average molecular weight is 381 g/mol. The van der Waals surface area contributed by atoms with Crippen molar-refractivity contribution >= 4 is 53.4 Å². The van der Waals surface area contributed by atoms with Crippen LogP contribution in [0.3, 0.4) is 0 Å². The number of rotatable bonds is 5. The number of carbonyl (C=O) groups excluding carboxylic acids is 1. The van der Waals surface area contributed by atoms with Gasteiger partial charge in [0.15, 0.2) is 0 Å². The molecule has 0 bridgehead atoms. The lowest BCUT2D eigenvalue weighted by Gasteiger charge is -2.14. The van der Waals surface area contributed by atoms with Crippen molar-refractivity contribution in [2.45, 2.75) is 32.4 Å². The minimum atomic E-state index is -0.134. The quantitative estimate of drug-likeness (QED) is 0.834. The first kappa shape index (κ1) is 19.3. The predicted molar refractivity (Wildman–Crippen MR) is 94.3 cm³/mol. The fourth-order valence-corrected chi connectivity index (χ4v) is 3.64. The number of carbonyl (C=O) groups is 1. The molecule has 1 fully saturated rings. The van der Waals surface area contributed by atoms with Gasteiger partial charge in [0.2, 0.25) is 0 Å². The summed E-state index contributed by atoms with van der Waals surface area (Å²) < 4.78 is 0. The molecule has 0 radical (unpaired) electrons. The highest BCUT2D eigenvalue weighted by molar-refractivity contribution is 7.10. The first-order valence-corrected chi connectivity index (χ1v) is 8.30. The van der Waals surface area contributed by atoms with E-state index in [2.05, 4.69) is 15.3 Å². The number of halogens is 2. The number of nitrogens with zero attached hydrogens (tertiary/aromatic N) is 2. The number of aromatic nitrogens is 2. The SMILES string of the molecule is Cc1csc(C(NC(=O)c2csc(CN)n2)C2CC2)n1.Cl.Cl. The third-order valence-corrected chi connectivity index (χ3v) is 5.16. The van der Waals surface area contributed by atoms with Gasteiger partial charge in [0.1, 0.15) is 15.7 Å². The smallest absolute Gasteiger partial charge is 0.271 e. The van der Waals surface area contributed by atoms with E-state index in [0.717, 1.165) is 28.6 Å². The minimum absolute atomic E-state index is 0. The topological polar surface area (TPSA) is 80.9 Å². The predicted octanol–water partition coefficient (Wildman–Crippen LogP) is 3.09. The van der Waals surface area contributed by atoms with Gasteiger partial charge in [-0.15, -0.1) is 47.5 Å². The number of hydrogen-bond acceptors (Lipinski definition) is 6. The molecule has 1 unspecified atom stereocenters. The van der Waals surface area contributed by atoms with Crippen LogP contribution >= 0.6 is 47.5 Å². The Morgan fingerprint density at radius 2 is 2.09 bits per heavy atom. The van der Waals surface area contributed by atoms with E-state index in [-0.39, 0.29) is 36.8 Å². The highest BCUT2D eigenvalue weighted by Crippen LogP contribution is 2.41. The molecule has 2 aromatic heterocycles. The zero-order valence-corrected chi connectivity index (χ0v) is 15.2. The van der Waals surface area contributed by atoms with E-state index in [4.69, 9.17) is 5.73 Å². The Morgan fingerprint density at radius 1 is 1.36 bits per heavy atom. The molecule has 2 heterocycles. The second-order valence-electron chi connectivity index (χ2n) is 4.95. The van der Waals surface area contributed by atoms with Gasteiger partial charge in [-0.1, -0.05) is 0 Å². The number of thiazole rings is 2. The molecular formula is C13H18Cl2N4OS2. The Labute approximate surface area is 149 Å². The first-order valence-electron chi connectivity index (χ1n) is 6.54. The van der Waals surface area contributed by atoms with Crippen LogP contribution in [0.2, 0.25) is 0 Å². The maximum atomic E-state index is 12.3. The summed E-state index contributed by atoms with van der Waals surface area (Å²) >= 11 is 3.03. The van der Waals surface area contributed by atoms with E-state index >= 15 is 0 Å². The minimum Gasteiger partial charge on any atom is -0.341 e. The van der Waals surface area contributed by atoms with E-state index in [1.807, 2.05) is 12.3 Å². The molecule has 1 aliphatic rings. The normalized spacial score (nSPS) is 14.6. The van der Waals surface area contributed by atoms with E-state index < -0.39 is 0 Å². The largest absolute Gasteiger partial charge is 0.341 e. The number of amides is 1. The summed E-state index contributed by atoms with van der Waals surface area (Å²) in [7, 11) is 0. The van der Waals surface area contributed by atoms with Crippen LogP contribution < -0.4 is 11.1 Å². The van der Waals surface area contributed by atoms with Gasteiger partial charge < -0.3 is 11.1 Å². The summed E-state index contributed by atoms with van der Waals surface area (Å²) in [6, 6.07) is 0.0178. The summed E-state index contributed by atoms with van der Waals surface area (Å²) in [5, 5.41) is 8.63. The highest BCUT2D eigenvalue weighted by atomic mass is 35.5. The van der Waals surface area contributed by atoms with Crippen molar-refractivity contribution < 1.29 is 4.79 Å². The van der Waals surface area contributed by atoms with Crippen LogP contribution in [0.1, 0.15) is 45.1 Å². The maximum Gasteiger partial charge on any atom is 0.271 e. The van der Waals surface area contributed by atoms with Crippen molar-refractivity contribution in [1.29, 1.82) is 0 Å². The van der Waals surface area contributed by atoms with Gasteiger partial charge >= 0.3 is 0 Å². The number of nitrogens with two attached hydrogens (primary N) is 1. The van der Waals surface area contributed by atoms with E-state index in [0.29, 0.717) is 18.2 Å². The molecule has 0 spiro atoms. The van der Waals surface area contributed by atoms with Crippen molar-refractivity contribution in [1.82, 2.24) is 15.3 Å². The highest BCUT2D eigenvalue weighted by Gasteiger charge is 2.35.